The molecule has 2 fully saturated rings. The Bertz CT molecular complexity index is 483. The van der Waals surface area contributed by atoms with Crippen LogP contribution in [0.5, 0.6) is 0 Å². The van der Waals surface area contributed by atoms with Gasteiger partial charge in [0.25, 0.3) is 10.1 Å². The van der Waals surface area contributed by atoms with Crippen molar-refractivity contribution in [3.05, 3.63) is 0 Å². The van der Waals surface area contributed by atoms with Crippen LogP contribution >= 0.6 is 0 Å². The second kappa shape index (κ2) is 7.49. The van der Waals surface area contributed by atoms with Crippen LogP contribution in [0.1, 0.15) is 32.1 Å². The Labute approximate surface area is 141 Å². The standard InChI is InChI=1S/C15H30O6SSi/c1-22(16,17)20-12-15(23(2,3)4)13(21-15)8-7-11-19-14-9-5-6-10-18-14/h13-14H,5-12H2,1-4H3. The van der Waals surface area contributed by atoms with Crippen molar-refractivity contribution in [1.82, 2.24) is 0 Å². The van der Waals surface area contributed by atoms with Gasteiger partial charge in [0, 0.05) is 13.2 Å². The molecule has 3 unspecified atom stereocenters. The zero-order valence-corrected chi connectivity index (χ0v) is 16.5. The molecule has 0 aromatic heterocycles. The molecule has 0 spiro atoms. The number of rotatable bonds is 9. The molecule has 136 valence electrons. The second-order valence-corrected chi connectivity index (χ2v) is 14.5. The summed E-state index contributed by atoms with van der Waals surface area (Å²) in [6.45, 7) is 8.14. The molecular formula is C15H30O6SSi. The average molecular weight is 367 g/mol. The van der Waals surface area contributed by atoms with E-state index in [2.05, 4.69) is 19.6 Å². The molecule has 0 aromatic carbocycles. The molecule has 0 aromatic rings. The molecule has 0 bridgehead atoms. The Morgan fingerprint density at radius 2 is 2.00 bits per heavy atom. The smallest absolute Gasteiger partial charge is 0.264 e. The number of hydrogen-bond donors (Lipinski definition) is 0. The molecule has 0 N–H and O–H groups in total. The van der Waals surface area contributed by atoms with E-state index in [1.54, 1.807) is 0 Å². The van der Waals surface area contributed by atoms with E-state index in [0.717, 1.165) is 45.0 Å². The van der Waals surface area contributed by atoms with Gasteiger partial charge in [-0.25, -0.2) is 0 Å². The maximum absolute atomic E-state index is 11.3. The number of hydrogen-bond acceptors (Lipinski definition) is 6. The molecular weight excluding hydrogens is 336 g/mol. The molecule has 8 heteroatoms. The lowest BCUT2D eigenvalue weighted by Crippen LogP contribution is -2.47. The Kier molecular flexibility index (Phi) is 6.30. The van der Waals surface area contributed by atoms with E-state index in [4.69, 9.17) is 18.4 Å². The average Bonchev–Trinajstić information content (AvgIpc) is 3.17. The number of ether oxygens (including phenoxy) is 3. The van der Waals surface area contributed by atoms with E-state index >= 15 is 0 Å². The predicted octanol–water partition coefficient (Wildman–Crippen LogP) is 2.30. The summed E-state index contributed by atoms with van der Waals surface area (Å²) in [7, 11) is -5.15. The van der Waals surface area contributed by atoms with Crippen molar-refractivity contribution >= 4 is 18.2 Å². The first-order chi connectivity index (χ1) is 10.6. The highest BCUT2D eigenvalue weighted by Gasteiger charge is 2.64. The van der Waals surface area contributed by atoms with Crippen LogP contribution in [-0.2, 0) is 28.5 Å². The Balaban J connectivity index is 1.74. The number of epoxide rings is 1. The molecule has 6 nitrogen and oxygen atoms in total. The van der Waals surface area contributed by atoms with E-state index in [1.165, 1.54) is 0 Å². The van der Waals surface area contributed by atoms with Gasteiger partial charge >= 0.3 is 0 Å². The van der Waals surface area contributed by atoms with Crippen LogP contribution < -0.4 is 0 Å². The highest BCUT2D eigenvalue weighted by Crippen LogP contribution is 2.47. The lowest BCUT2D eigenvalue weighted by Gasteiger charge is -2.26. The summed E-state index contributed by atoms with van der Waals surface area (Å²) in [5, 5.41) is -0.391. The van der Waals surface area contributed by atoms with Gasteiger partial charge in [0.05, 0.1) is 27.0 Å². The SMILES string of the molecule is C[Si](C)(C)C1(COS(C)(=O)=O)OC1CCCOC1CCCCO1. The third kappa shape index (κ3) is 5.50. The van der Waals surface area contributed by atoms with E-state index < -0.39 is 23.4 Å². The lowest BCUT2D eigenvalue weighted by atomic mass is 10.2. The van der Waals surface area contributed by atoms with Crippen LogP contribution in [-0.4, -0.2) is 60.2 Å². The van der Waals surface area contributed by atoms with Crippen molar-refractivity contribution in [1.29, 1.82) is 0 Å². The molecule has 23 heavy (non-hydrogen) atoms. The quantitative estimate of drug-likeness (QED) is 0.270. The highest BCUT2D eigenvalue weighted by molar-refractivity contribution is 7.86. The van der Waals surface area contributed by atoms with Crippen molar-refractivity contribution < 1.29 is 26.8 Å². The molecule has 2 rings (SSSR count). The van der Waals surface area contributed by atoms with Crippen molar-refractivity contribution in [2.24, 2.45) is 0 Å². The van der Waals surface area contributed by atoms with Crippen LogP contribution in [0, 0.1) is 0 Å². The Hall–Kier alpha value is 0.00688. The fourth-order valence-electron chi connectivity index (χ4n) is 3.04. The molecule has 0 amide bonds. The second-order valence-electron chi connectivity index (χ2n) is 7.52. The van der Waals surface area contributed by atoms with Crippen LogP contribution in [0.2, 0.25) is 19.6 Å². The molecule has 2 aliphatic rings. The minimum absolute atomic E-state index is 0.0563. The summed E-state index contributed by atoms with van der Waals surface area (Å²) < 4.78 is 44.8. The van der Waals surface area contributed by atoms with Gasteiger partial charge in [0.1, 0.15) is 5.22 Å². The summed E-state index contributed by atoms with van der Waals surface area (Å²) in [5.74, 6) is 0. The zero-order valence-electron chi connectivity index (χ0n) is 14.7. The summed E-state index contributed by atoms with van der Waals surface area (Å²) in [6, 6.07) is 0. The fraction of sp³-hybridized carbons (Fsp3) is 1.00. The first kappa shape index (κ1) is 19.3. The largest absolute Gasteiger partial charge is 0.367 e. The monoisotopic (exact) mass is 366 g/mol. The fourth-order valence-corrected chi connectivity index (χ4v) is 5.64. The topological polar surface area (TPSA) is 74.4 Å². The van der Waals surface area contributed by atoms with Crippen LogP contribution in [0.3, 0.4) is 0 Å². The normalized spacial score (nSPS) is 32.0. The molecule has 0 radical (unpaired) electrons. The Morgan fingerprint density at radius 3 is 2.57 bits per heavy atom. The van der Waals surface area contributed by atoms with Crippen molar-refractivity contribution in [3.8, 4) is 0 Å². The molecule has 3 atom stereocenters. The van der Waals surface area contributed by atoms with Crippen LogP contribution in [0.4, 0.5) is 0 Å². The first-order valence-electron chi connectivity index (χ1n) is 8.39. The maximum Gasteiger partial charge on any atom is 0.264 e. The highest BCUT2D eigenvalue weighted by atomic mass is 32.2. The summed E-state index contributed by atoms with van der Waals surface area (Å²) in [5.41, 5.74) is 0. The molecule has 2 saturated heterocycles. The van der Waals surface area contributed by atoms with Gasteiger partial charge < -0.3 is 14.2 Å². The van der Waals surface area contributed by atoms with Gasteiger partial charge in [-0.15, -0.1) is 0 Å². The molecule has 2 aliphatic heterocycles. The minimum Gasteiger partial charge on any atom is -0.367 e. The lowest BCUT2D eigenvalue weighted by molar-refractivity contribution is -0.162. The third-order valence-electron chi connectivity index (χ3n) is 4.62. The molecule has 2 heterocycles. The van der Waals surface area contributed by atoms with Gasteiger partial charge in [-0.2, -0.15) is 8.42 Å². The molecule has 0 aliphatic carbocycles. The van der Waals surface area contributed by atoms with E-state index in [-0.39, 0.29) is 19.0 Å². The van der Waals surface area contributed by atoms with E-state index in [9.17, 15) is 8.42 Å². The van der Waals surface area contributed by atoms with Crippen molar-refractivity contribution in [2.45, 2.75) is 69.4 Å². The summed E-state index contributed by atoms with van der Waals surface area (Å²) in [6.07, 6.45) is 6.11. The van der Waals surface area contributed by atoms with Crippen LogP contribution in [0.15, 0.2) is 0 Å². The molecule has 0 saturated carbocycles. The van der Waals surface area contributed by atoms with Crippen molar-refractivity contribution in [2.75, 3.05) is 26.1 Å². The maximum atomic E-state index is 11.3. The van der Waals surface area contributed by atoms with Gasteiger partial charge in [-0.3, -0.25) is 4.18 Å². The Morgan fingerprint density at radius 1 is 1.26 bits per heavy atom. The zero-order chi connectivity index (χ0) is 17.1. The van der Waals surface area contributed by atoms with Gasteiger partial charge in [-0.05, 0) is 32.1 Å². The van der Waals surface area contributed by atoms with E-state index in [1.807, 2.05) is 0 Å². The third-order valence-corrected chi connectivity index (χ3v) is 8.29. The summed E-state index contributed by atoms with van der Waals surface area (Å²) >= 11 is 0. The van der Waals surface area contributed by atoms with Crippen molar-refractivity contribution in [3.63, 3.8) is 0 Å². The first-order valence-corrected chi connectivity index (χ1v) is 13.7. The predicted molar refractivity (Wildman–Crippen MR) is 90.5 cm³/mol. The van der Waals surface area contributed by atoms with E-state index in [0.29, 0.717) is 6.61 Å². The van der Waals surface area contributed by atoms with Crippen LogP contribution in [0.25, 0.3) is 0 Å². The van der Waals surface area contributed by atoms with Gasteiger partial charge in [0.15, 0.2) is 6.29 Å². The minimum atomic E-state index is -3.44. The summed E-state index contributed by atoms with van der Waals surface area (Å²) in [4.78, 5) is 0. The van der Waals surface area contributed by atoms with Gasteiger partial charge in [-0.1, -0.05) is 19.6 Å². The van der Waals surface area contributed by atoms with Gasteiger partial charge in [0.2, 0.25) is 0 Å².